The van der Waals surface area contributed by atoms with Gasteiger partial charge in [-0.15, -0.1) is 0 Å². The van der Waals surface area contributed by atoms with Crippen LogP contribution in [0.2, 0.25) is 0 Å². The van der Waals surface area contributed by atoms with Gasteiger partial charge in [0.05, 0.1) is 7.11 Å². The molecule has 0 bridgehead atoms. The molecule has 8 nitrogen and oxygen atoms in total. The Balaban J connectivity index is 2.23. The van der Waals surface area contributed by atoms with E-state index < -0.39 is 15.9 Å². The van der Waals surface area contributed by atoms with Gasteiger partial charge in [-0.25, -0.2) is 13.1 Å². The molecule has 0 unspecified atom stereocenters. The first-order chi connectivity index (χ1) is 13.3. The summed E-state index contributed by atoms with van der Waals surface area (Å²) < 4.78 is 32.5. The van der Waals surface area contributed by atoms with Gasteiger partial charge in [-0.05, 0) is 48.9 Å². The molecule has 0 saturated carbocycles. The summed E-state index contributed by atoms with van der Waals surface area (Å²) in [6, 6.07) is 10.8. The summed E-state index contributed by atoms with van der Waals surface area (Å²) in [5, 5.41) is 5.32. The van der Waals surface area contributed by atoms with Crippen molar-refractivity contribution >= 4 is 33.2 Å². The number of ether oxygens (including phenoxy) is 1. The van der Waals surface area contributed by atoms with Crippen LogP contribution in [0.4, 0.5) is 11.4 Å². The standard InChI is InChI=1S/C19H23N3O5S/c1-4-11-20-28(25,26)18-12-14(5-10-17(18)27-3)19(24)22-16-8-6-15(7-9-16)21-13(2)23/h5-10,12,20H,4,11H2,1-3H3,(H,21,23)(H,22,24). The molecule has 0 fully saturated rings. The second kappa shape index (κ2) is 9.34. The minimum absolute atomic E-state index is 0.0999. The highest BCUT2D eigenvalue weighted by atomic mass is 32.2. The van der Waals surface area contributed by atoms with E-state index in [4.69, 9.17) is 4.74 Å². The predicted molar refractivity (Wildman–Crippen MR) is 107 cm³/mol. The number of rotatable bonds is 8. The molecule has 0 heterocycles. The van der Waals surface area contributed by atoms with Gasteiger partial charge in [0.25, 0.3) is 5.91 Å². The van der Waals surface area contributed by atoms with Gasteiger partial charge in [0, 0.05) is 30.4 Å². The Morgan fingerprint density at radius 1 is 1.00 bits per heavy atom. The number of hydrogen-bond donors (Lipinski definition) is 3. The monoisotopic (exact) mass is 405 g/mol. The van der Waals surface area contributed by atoms with Gasteiger partial charge in [-0.2, -0.15) is 0 Å². The molecule has 2 aromatic rings. The third-order valence-corrected chi connectivity index (χ3v) is 5.20. The van der Waals surface area contributed by atoms with E-state index in [1.807, 2.05) is 6.92 Å². The average Bonchev–Trinajstić information content (AvgIpc) is 2.67. The normalized spacial score (nSPS) is 11.0. The number of anilines is 2. The van der Waals surface area contributed by atoms with Crippen molar-refractivity contribution in [2.24, 2.45) is 0 Å². The molecule has 9 heteroatoms. The quantitative estimate of drug-likeness (QED) is 0.625. The van der Waals surface area contributed by atoms with Crippen LogP contribution in [0, 0.1) is 0 Å². The summed E-state index contributed by atoms with van der Waals surface area (Å²) in [7, 11) is -2.44. The number of nitrogens with one attached hydrogen (secondary N) is 3. The Hall–Kier alpha value is -2.91. The molecule has 2 rings (SSSR count). The van der Waals surface area contributed by atoms with Crippen LogP contribution in [-0.2, 0) is 14.8 Å². The molecule has 0 aromatic heterocycles. The molecule has 0 spiro atoms. The topological polar surface area (TPSA) is 114 Å². The van der Waals surface area contributed by atoms with Crippen LogP contribution in [0.1, 0.15) is 30.6 Å². The second-order valence-electron chi connectivity index (χ2n) is 5.98. The van der Waals surface area contributed by atoms with Crippen LogP contribution in [0.15, 0.2) is 47.4 Å². The molecular formula is C19H23N3O5S. The van der Waals surface area contributed by atoms with Crippen molar-refractivity contribution in [3.8, 4) is 5.75 Å². The smallest absolute Gasteiger partial charge is 0.255 e. The average molecular weight is 405 g/mol. The zero-order valence-corrected chi connectivity index (χ0v) is 16.7. The molecule has 0 saturated heterocycles. The van der Waals surface area contributed by atoms with E-state index in [2.05, 4.69) is 15.4 Å². The third-order valence-electron chi connectivity index (χ3n) is 3.72. The summed E-state index contributed by atoms with van der Waals surface area (Å²) in [6.07, 6.45) is 0.635. The van der Waals surface area contributed by atoms with Crippen LogP contribution < -0.4 is 20.1 Å². The molecule has 0 radical (unpaired) electrons. The molecular weight excluding hydrogens is 382 g/mol. The van der Waals surface area contributed by atoms with Crippen LogP contribution in [0.25, 0.3) is 0 Å². The van der Waals surface area contributed by atoms with E-state index in [-0.39, 0.29) is 28.7 Å². The first-order valence-corrected chi connectivity index (χ1v) is 10.1. The van der Waals surface area contributed by atoms with Crippen molar-refractivity contribution in [3.05, 3.63) is 48.0 Å². The summed E-state index contributed by atoms with van der Waals surface area (Å²) in [6.45, 7) is 3.53. The largest absolute Gasteiger partial charge is 0.495 e. The van der Waals surface area contributed by atoms with Gasteiger partial charge < -0.3 is 15.4 Å². The highest BCUT2D eigenvalue weighted by Gasteiger charge is 2.21. The molecule has 2 amide bonds. The van der Waals surface area contributed by atoms with Gasteiger partial charge in [0.1, 0.15) is 10.6 Å². The lowest BCUT2D eigenvalue weighted by Crippen LogP contribution is -2.25. The van der Waals surface area contributed by atoms with Gasteiger partial charge in [-0.1, -0.05) is 6.92 Å². The highest BCUT2D eigenvalue weighted by molar-refractivity contribution is 7.89. The zero-order valence-electron chi connectivity index (χ0n) is 15.9. The van der Waals surface area contributed by atoms with Crippen LogP contribution in [-0.4, -0.2) is 33.9 Å². The van der Waals surface area contributed by atoms with Crippen molar-refractivity contribution in [2.45, 2.75) is 25.2 Å². The summed E-state index contributed by atoms with van der Waals surface area (Å²) in [5.74, 6) is -0.512. The molecule has 2 aromatic carbocycles. The Morgan fingerprint density at radius 2 is 1.61 bits per heavy atom. The van der Waals surface area contributed by atoms with E-state index in [0.717, 1.165) is 0 Å². The maximum atomic E-state index is 12.5. The fourth-order valence-electron chi connectivity index (χ4n) is 2.39. The predicted octanol–water partition coefficient (Wildman–Crippen LogP) is 2.59. The fraction of sp³-hybridized carbons (Fsp3) is 0.263. The van der Waals surface area contributed by atoms with E-state index in [1.54, 1.807) is 24.3 Å². The lowest BCUT2D eigenvalue weighted by molar-refractivity contribution is -0.114. The van der Waals surface area contributed by atoms with Crippen molar-refractivity contribution in [3.63, 3.8) is 0 Å². The maximum absolute atomic E-state index is 12.5. The van der Waals surface area contributed by atoms with E-state index in [9.17, 15) is 18.0 Å². The highest BCUT2D eigenvalue weighted by Crippen LogP contribution is 2.25. The number of sulfonamides is 1. The van der Waals surface area contributed by atoms with E-state index >= 15 is 0 Å². The Labute approximate surface area is 164 Å². The third kappa shape index (κ3) is 5.54. The van der Waals surface area contributed by atoms with Crippen LogP contribution >= 0.6 is 0 Å². The second-order valence-corrected chi connectivity index (χ2v) is 7.71. The minimum atomic E-state index is -3.81. The molecule has 0 aliphatic rings. The SMILES string of the molecule is CCCNS(=O)(=O)c1cc(C(=O)Nc2ccc(NC(C)=O)cc2)ccc1OC. The van der Waals surface area contributed by atoms with Gasteiger partial charge in [-0.3, -0.25) is 9.59 Å². The molecule has 3 N–H and O–H groups in total. The van der Waals surface area contributed by atoms with Crippen molar-refractivity contribution in [1.82, 2.24) is 4.72 Å². The van der Waals surface area contributed by atoms with Crippen LogP contribution in [0.5, 0.6) is 5.75 Å². The first kappa shape index (κ1) is 21.4. The number of carbonyl (C=O) groups excluding carboxylic acids is 2. The lowest BCUT2D eigenvalue weighted by Gasteiger charge is -2.12. The van der Waals surface area contributed by atoms with Gasteiger partial charge >= 0.3 is 0 Å². The molecule has 0 aliphatic carbocycles. The number of hydrogen-bond acceptors (Lipinski definition) is 5. The number of amides is 2. The number of carbonyl (C=O) groups is 2. The van der Waals surface area contributed by atoms with Crippen molar-refractivity contribution in [2.75, 3.05) is 24.3 Å². The zero-order chi connectivity index (χ0) is 20.7. The maximum Gasteiger partial charge on any atom is 0.255 e. The van der Waals surface area contributed by atoms with Gasteiger partial charge in [0.15, 0.2) is 0 Å². The number of methoxy groups -OCH3 is 1. The van der Waals surface area contributed by atoms with E-state index in [0.29, 0.717) is 17.8 Å². The van der Waals surface area contributed by atoms with Gasteiger partial charge in [0.2, 0.25) is 15.9 Å². The molecule has 28 heavy (non-hydrogen) atoms. The number of benzene rings is 2. The summed E-state index contributed by atoms with van der Waals surface area (Å²) >= 11 is 0. The Kier molecular flexibility index (Phi) is 7.13. The van der Waals surface area contributed by atoms with E-state index in [1.165, 1.54) is 32.2 Å². The lowest BCUT2D eigenvalue weighted by atomic mass is 10.2. The Bertz CT molecular complexity index is 956. The summed E-state index contributed by atoms with van der Waals surface area (Å²) in [5.41, 5.74) is 1.28. The molecule has 0 aliphatic heterocycles. The first-order valence-electron chi connectivity index (χ1n) is 8.63. The molecule has 150 valence electrons. The summed E-state index contributed by atoms with van der Waals surface area (Å²) in [4.78, 5) is 23.5. The molecule has 0 atom stereocenters. The van der Waals surface area contributed by atoms with Crippen LogP contribution in [0.3, 0.4) is 0 Å². The minimum Gasteiger partial charge on any atom is -0.495 e. The fourth-order valence-corrected chi connectivity index (χ4v) is 3.71. The Morgan fingerprint density at radius 3 is 2.14 bits per heavy atom. The van der Waals surface area contributed by atoms with Crippen molar-refractivity contribution < 1.29 is 22.7 Å². The van der Waals surface area contributed by atoms with Crippen molar-refractivity contribution in [1.29, 1.82) is 0 Å².